The summed E-state index contributed by atoms with van der Waals surface area (Å²) in [6, 6.07) is 6.23. The van der Waals surface area contributed by atoms with Gasteiger partial charge in [0.25, 0.3) is 0 Å². The molecule has 2 rings (SSSR count). The van der Waals surface area contributed by atoms with Gasteiger partial charge in [-0.3, -0.25) is 0 Å². The van der Waals surface area contributed by atoms with Crippen LogP contribution < -0.4 is 10.2 Å². The zero-order valence-corrected chi connectivity index (χ0v) is 12.8. The van der Waals surface area contributed by atoms with Gasteiger partial charge in [0.2, 0.25) is 0 Å². The molecule has 0 saturated carbocycles. The number of rotatable bonds is 6. The molecule has 0 amide bonds. The third-order valence-electron chi connectivity index (χ3n) is 4.15. The standard InChI is InChI=1S/C17H27FN2/c1-3-7-15-8-5-6-11-20(15)17-10-9-14(12-16(17)18)13-19-4-2/h9-10,12,15,19H,3-8,11,13H2,1-2H3. The van der Waals surface area contributed by atoms with E-state index in [1.807, 2.05) is 6.07 Å². The minimum Gasteiger partial charge on any atom is -0.366 e. The molecule has 1 unspecified atom stereocenters. The highest BCUT2D eigenvalue weighted by molar-refractivity contribution is 5.50. The number of piperidine rings is 1. The first-order valence-electron chi connectivity index (χ1n) is 8.02. The van der Waals surface area contributed by atoms with Gasteiger partial charge in [-0.15, -0.1) is 0 Å². The molecule has 0 radical (unpaired) electrons. The maximum Gasteiger partial charge on any atom is 0.146 e. The van der Waals surface area contributed by atoms with Crippen molar-refractivity contribution in [2.45, 2.75) is 58.5 Å². The van der Waals surface area contributed by atoms with Crippen LogP contribution in [0.2, 0.25) is 0 Å². The number of hydrogen-bond donors (Lipinski definition) is 1. The lowest BCUT2D eigenvalue weighted by atomic mass is 9.97. The summed E-state index contributed by atoms with van der Waals surface area (Å²) in [5, 5.41) is 3.24. The molecule has 1 atom stereocenters. The second kappa shape index (κ2) is 7.63. The third-order valence-corrected chi connectivity index (χ3v) is 4.15. The van der Waals surface area contributed by atoms with E-state index < -0.39 is 0 Å². The highest BCUT2D eigenvalue weighted by Crippen LogP contribution is 2.29. The normalized spacial score (nSPS) is 19.4. The zero-order valence-electron chi connectivity index (χ0n) is 12.8. The molecule has 1 fully saturated rings. The van der Waals surface area contributed by atoms with Gasteiger partial charge in [-0.25, -0.2) is 4.39 Å². The SMILES string of the molecule is CCCC1CCCCN1c1ccc(CNCC)cc1F. The molecule has 1 N–H and O–H groups in total. The van der Waals surface area contributed by atoms with E-state index in [2.05, 4.69) is 30.1 Å². The summed E-state index contributed by atoms with van der Waals surface area (Å²) in [7, 11) is 0. The van der Waals surface area contributed by atoms with Crippen LogP contribution in [0.25, 0.3) is 0 Å². The Morgan fingerprint density at radius 3 is 2.85 bits per heavy atom. The van der Waals surface area contributed by atoms with E-state index in [1.54, 1.807) is 6.07 Å². The van der Waals surface area contributed by atoms with Crippen LogP contribution in [0.1, 0.15) is 51.5 Å². The van der Waals surface area contributed by atoms with E-state index >= 15 is 0 Å². The molecule has 1 aliphatic rings. The Bertz CT molecular complexity index is 417. The highest BCUT2D eigenvalue weighted by Gasteiger charge is 2.23. The lowest BCUT2D eigenvalue weighted by molar-refractivity contribution is 0.429. The fourth-order valence-corrected chi connectivity index (χ4v) is 3.11. The number of nitrogens with one attached hydrogen (secondary N) is 1. The lowest BCUT2D eigenvalue weighted by Gasteiger charge is -2.38. The van der Waals surface area contributed by atoms with Gasteiger partial charge in [-0.05, 0) is 49.9 Å². The molecule has 2 nitrogen and oxygen atoms in total. The largest absolute Gasteiger partial charge is 0.366 e. The van der Waals surface area contributed by atoms with Crippen molar-refractivity contribution in [1.82, 2.24) is 5.32 Å². The summed E-state index contributed by atoms with van der Waals surface area (Å²) >= 11 is 0. The molecule has 112 valence electrons. The lowest BCUT2D eigenvalue weighted by Crippen LogP contribution is -2.40. The second-order valence-electron chi connectivity index (χ2n) is 5.70. The maximum atomic E-state index is 14.4. The average Bonchev–Trinajstić information content (AvgIpc) is 2.46. The Kier molecular flexibility index (Phi) is 5.84. The molecular weight excluding hydrogens is 251 g/mol. The average molecular weight is 278 g/mol. The van der Waals surface area contributed by atoms with Crippen molar-refractivity contribution in [1.29, 1.82) is 0 Å². The summed E-state index contributed by atoms with van der Waals surface area (Å²) in [6.07, 6.45) is 5.99. The summed E-state index contributed by atoms with van der Waals surface area (Å²) in [6.45, 7) is 6.92. The fraction of sp³-hybridized carbons (Fsp3) is 0.647. The number of hydrogen-bond acceptors (Lipinski definition) is 2. The van der Waals surface area contributed by atoms with E-state index in [-0.39, 0.29) is 5.82 Å². The van der Waals surface area contributed by atoms with E-state index in [4.69, 9.17) is 0 Å². The predicted molar refractivity (Wildman–Crippen MR) is 83.7 cm³/mol. The summed E-state index contributed by atoms with van der Waals surface area (Å²) in [4.78, 5) is 2.29. The summed E-state index contributed by atoms with van der Waals surface area (Å²) < 4.78 is 14.4. The van der Waals surface area contributed by atoms with E-state index in [1.165, 1.54) is 32.1 Å². The van der Waals surface area contributed by atoms with Gasteiger partial charge < -0.3 is 10.2 Å². The maximum absolute atomic E-state index is 14.4. The molecule has 3 heteroatoms. The summed E-state index contributed by atoms with van der Waals surface area (Å²) in [5.41, 5.74) is 1.82. The van der Waals surface area contributed by atoms with Crippen LogP contribution in [-0.2, 0) is 6.54 Å². The van der Waals surface area contributed by atoms with Crippen LogP contribution >= 0.6 is 0 Å². The minimum absolute atomic E-state index is 0.0663. The van der Waals surface area contributed by atoms with Gasteiger partial charge in [0, 0.05) is 19.1 Å². The Morgan fingerprint density at radius 1 is 1.30 bits per heavy atom. The van der Waals surface area contributed by atoms with Gasteiger partial charge in [0.05, 0.1) is 5.69 Å². The van der Waals surface area contributed by atoms with Crippen molar-refractivity contribution in [3.8, 4) is 0 Å². The van der Waals surface area contributed by atoms with Crippen LogP contribution in [-0.4, -0.2) is 19.1 Å². The Hall–Kier alpha value is -1.09. The van der Waals surface area contributed by atoms with Crippen molar-refractivity contribution in [3.63, 3.8) is 0 Å². The molecule has 0 spiro atoms. The van der Waals surface area contributed by atoms with Gasteiger partial charge >= 0.3 is 0 Å². The monoisotopic (exact) mass is 278 g/mol. The second-order valence-corrected chi connectivity index (χ2v) is 5.70. The van der Waals surface area contributed by atoms with Gasteiger partial charge in [0.15, 0.2) is 0 Å². The first-order chi connectivity index (χ1) is 9.76. The van der Waals surface area contributed by atoms with Gasteiger partial charge in [-0.2, -0.15) is 0 Å². The van der Waals surface area contributed by atoms with Crippen LogP contribution in [0.3, 0.4) is 0 Å². The van der Waals surface area contributed by atoms with E-state index in [0.29, 0.717) is 6.04 Å². The van der Waals surface area contributed by atoms with Gasteiger partial charge in [0.1, 0.15) is 5.82 Å². The Morgan fingerprint density at radius 2 is 2.15 bits per heavy atom. The molecule has 1 saturated heterocycles. The topological polar surface area (TPSA) is 15.3 Å². The minimum atomic E-state index is -0.0663. The Balaban J connectivity index is 2.13. The molecular formula is C17H27FN2. The molecule has 1 aliphatic heterocycles. The van der Waals surface area contributed by atoms with Crippen molar-refractivity contribution in [2.75, 3.05) is 18.0 Å². The Labute approximate surface area is 122 Å². The van der Waals surface area contributed by atoms with Crippen LogP contribution in [0, 0.1) is 5.82 Å². The highest BCUT2D eigenvalue weighted by atomic mass is 19.1. The van der Waals surface area contributed by atoms with Crippen molar-refractivity contribution < 1.29 is 4.39 Å². The van der Waals surface area contributed by atoms with Crippen molar-refractivity contribution in [3.05, 3.63) is 29.6 Å². The number of nitrogens with zero attached hydrogens (tertiary/aromatic N) is 1. The van der Waals surface area contributed by atoms with Crippen LogP contribution in [0.5, 0.6) is 0 Å². The molecule has 1 aromatic rings. The first-order valence-corrected chi connectivity index (χ1v) is 8.02. The third kappa shape index (κ3) is 3.72. The fourth-order valence-electron chi connectivity index (χ4n) is 3.11. The molecule has 0 bridgehead atoms. The van der Waals surface area contributed by atoms with Gasteiger partial charge in [-0.1, -0.05) is 26.3 Å². The van der Waals surface area contributed by atoms with Crippen LogP contribution in [0.4, 0.5) is 10.1 Å². The number of halogens is 1. The quantitative estimate of drug-likeness (QED) is 0.843. The zero-order chi connectivity index (χ0) is 14.4. The molecule has 1 heterocycles. The first kappa shape index (κ1) is 15.3. The summed E-state index contributed by atoms with van der Waals surface area (Å²) in [5.74, 6) is -0.0663. The number of benzene rings is 1. The van der Waals surface area contributed by atoms with Crippen molar-refractivity contribution in [2.24, 2.45) is 0 Å². The molecule has 20 heavy (non-hydrogen) atoms. The molecule has 0 aliphatic carbocycles. The predicted octanol–water partition coefficient (Wildman–Crippen LogP) is 4.09. The molecule has 0 aromatic heterocycles. The number of anilines is 1. The van der Waals surface area contributed by atoms with E-state index in [0.717, 1.165) is 30.9 Å². The van der Waals surface area contributed by atoms with Crippen LogP contribution in [0.15, 0.2) is 18.2 Å². The smallest absolute Gasteiger partial charge is 0.146 e. The van der Waals surface area contributed by atoms with E-state index in [9.17, 15) is 4.39 Å². The molecule has 1 aromatic carbocycles. The van der Waals surface area contributed by atoms with Crippen molar-refractivity contribution >= 4 is 5.69 Å².